The second-order valence-corrected chi connectivity index (χ2v) is 5.99. The number of carbonyl (C=O) groups excluding carboxylic acids is 1. The van der Waals surface area contributed by atoms with E-state index in [0.717, 1.165) is 6.07 Å². The molecule has 13 heteroatoms. The van der Waals surface area contributed by atoms with Gasteiger partial charge >= 0.3 is 18.4 Å². The predicted octanol–water partition coefficient (Wildman–Crippen LogP) is 1.94. The number of amides is 2. The summed E-state index contributed by atoms with van der Waals surface area (Å²) in [5.41, 5.74) is -0.144. The quantitative estimate of drug-likeness (QED) is 0.718. The van der Waals surface area contributed by atoms with Crippen LogP contribution in [-0.2, 0) is 11.3 Å². The van der Waals surface area contributed by atoms with Gasteiger partial charge in [-0.2, -0.15) is 15.0 Å². The molecule has 162 valence electrons. The maximum absolute atomic E-state index is 12.5. The molecule has 2 amide bonds. The lowest BCUT2D eigenvalue weighted by Crippen LogP contribution is -2.38. The topological polar surface area (TPSA) is 111 Å². The van der Waals surface area contributed by atoms with Crippen LogP contribution in [0.15, 0.2) is 24.3 Å². The highest BCUT2D eigenvalue weighted by Crippen LogP contribution is 2.29. The summed E-state index contributed by atoms with van der Waals surface area (Å²) in [5.74, 6) is 0.0705. The van der Waals surface area contributed by atoms with Crippen molar-refractivity contribution in [3.05, 3.63) is 30.1 Å². The molecule has 3 rings (SSSR count). The minimum Gasteiger partial charge on any atom is -0.467 e. The van der Waals surface area contributed by atoms with Crippen LogP contribution in [0.1, 0.15) is 5.82 Å². The summed E-state index contributed by atoms with van der Waals surface area (Å²) in [6.45, 7) is 2.14. The van der Waals surface area contributed by atoms with Crippen molar-refractivity contribution in [1.82, 2.24) is 20.3 Å². The third kappa shape index (κ3) is 6.07. The number of rotatable bonds is 6. The number of hydrogen-bond acceptors (Lipinski definition) is 8. The number of benzene rings is 1. The Morgan fingerprint density at radius 3 is 2.63 bits per heavy atom. The van der Waals surface area contributed by atoms with Gasteiger partial charge in [0.05, 0.1) is 32.6 Å². The minimum atomic E-state index is -4.88. The van der Waals surface area contributed by atoms with Crippen LogP contribution in [0.25, 0.3) is 0 Å². The summed E-state index contributed by atoms with van der Waals surface area (Å²) < 4.78 is 51.8. The molecule has 0 aliphatic carbocycles. The lowest BCUT2D eigenvalue weighted by molar-refractivity contribution is -0.274. The number of nitrogens with zero attached hydrogens (tertiary/aromatic N) is 4. The lowest BCUT2D eigenvalue weighted by Gasteiger charge is -2.26. The first-order valence-corrected chi connectivity index (χ1v) is 8.85. The van der Waals surface area contributed by atoms with Crippen LogP contribution in [0.2, 0.25) is 0 Å². The van der Waals surface area contributed by atoms with Crippen molar-refractivity contribution < 1.29 is 32.2 Å². The molecule has 1 aliphatic heterocycles. The summed E-state index contributed by atoms with van der Waals surface area (Å²) in [6.07, 6.45) is -4.88. The second kappa shape index (κ2) is 9.43. The number of hydrogen-bond donors (Lipinski definition) is 2. The predicted molar refractivity (Wildman–Crippen MR) is 98.4 cm³/mol. The van der Waals surface area contributed by atoms with Gasteiger partial charge in [-0.25, -0.2) is 4.79 Å². The third-order valence-corrected chi connectivity index (χ3v) is 3.89. The molecule has 1 aromatic heterocycles. The van der Waals surface area contributed by atoms with Crippen molar-refractivity contribution in [2.75, 3.05) is 43.6 Å². The van der Waals surface area contributed by atoms with E-state index >= 15 is 0 Å². The van der Waals surface area contributed by atoms with Crippen LogP contribution in [0.5, 0.6) is 11.8 Å². The number of anilines is 2. The SMILES string of the molecule is COc1nc(CNC(=O)Nc2ccccc2OC(F)(F)F)nc(N2CCOCC2)n1. The first kappa shape index (κ1) is 21.4. The number of carbonyl (C=O) groups is 1. The second-order valence-electron chi connectivity index (χ2n) is 5.99. The van der Waals surface area contributed by atoms with Crippen LogP contribution < -0.4 is 25.0 Å². The highest BCUT2D eigenvalue weighted by molar-refractivity contribution is 5.90. The van der Waals surface area contributed by atoms with E-state index in [-0.39, 0.29) is 24.1 Å². The molecule has 0 bridgehead atoms. The van der Waals surface area contributed by atoms with Crippen molar-refractivity contribution in [1.29, 1.82) is 0 Å². The molecule has 2 heterocycles. The fourth-order valence-corrected chi connectivity index (χ4v) is 2.57. The molecule has 1 aliphatic rings. The zero-order valence-electron chi connectivity index (χ0n) is 15.9. The Hall–Kier alpha value is -3.35. The molecule has 0 radical (unpaired) electrons. The molecule has 0 saturated carbocycles. The van der Waals surface area contributed by atoms with Gasteiger partial charge in [0.1, 0.15) is 0 Å². The number of nitrogens with one attached hydrogen (secondary N) is 2. The molecule has 0 atom stereocenters. The van der Waals surface area contributed by atoms with Crippen LogP contribution >= 0.6 is 0 Å². The van der Waals surface area contributed by atoms with Gasteiger partial charge < -0.3 is 29.7 Å². The third-order valence-electron chi connectivity index (χ3n) is 3.89. The molecular formula is C17H19F3N6O4. The highest BCUT2D eigenvalue weighted by Gasteiger charge is 2.32. The van der Waals surface area contributed by atoms with Crippen LogP contribution in [-0.4, -0.2) is 60.8 Å². The smallest absolute Gasteiger partial charge is 0.467 e. The van der Waals surface area contributed by atoms with E-state index in [2.05, 4.69) is 30.3 Å². The van der Waals surface area contributed by atoms with E-state index in [1.165, 1.54) is 25.3 Å². The maximum Gasteiger partial charge on any atom is 0.573 e. The van der Waals surface area contributed by atoms with E-state index in [4.69, 9.17) is 9.47 Å². The van der Waals surface area contributed by atoms with Gasteiger partial charge in [-0.1, -0.05) is 12.1 Å². The van der Waals surface area contributed by atoms with Crippen LogP contribution in [0.3, 0.4) is 0 Å². The van der Waals surface area contributed by atoms with Gasteiger partial charge in [-0.3, -0.25) is 0 Å². The Kier molecular flexibility index (Phi) is 6.72. The molecule has 30 heavy (non-hydrogen) atoms. The lowest BCUT2D eigenvalue weighted by atomic mass is 10.3. The van der Waals surface area contributed by atoms with E-state index in [1.54, 1.807) is 0 Å². The standard InChI is InChI=1S/C17H19F3N6O4/c1-28-16-24-13(23-14(25-16)26-6-8-29-9-7-26)10-21-15(27)22-11-4-2-3-5-12(11)30-17(18,19)20/h2-5H,6-10H2,1H3,(H2,21,22,27). The van der Waals surface area contributed by atoms with E-state index < -0.39 is 18.1 Å². The van der Waals surface area contributed by atoms with E-state index in [0.29, 0.717) is 32.3 Å². The molecule has 1 aromatic carbocycles. The Balaban J connectivity index is 1.65. The maximum atomic E-state index is 12.5. The molecule has 10 nitrogen and oxygen atoms in total. The van der Waals surface area contributed by atoms with Crippen molar-refractivity contribution in [3.63, 3.8) is 0 Å². The summed E-state index contributed by atoms with van der Waals surface area (Å²) in [6, 6.07) is 4.50. The number of para-hydroxylation sites is 2. The number of aromatic nitrogens is 3. The van der Waals surface area contributed by atoms with Crippen molar-refractivity contribution >= 4 is 17.7 Å². The minimum absolute atomic E-state index is 0.0765. The number of alkyl halides is 3. The molecule has 1 fully saturated rings. The largest absolute Gasteiger partial charge is 0.573 e. The fraction of sp³-hybridized carbons (Fsp3) is 0.412. The number of halogens is 3. The Bertz CT molecular complexity index is 877. The molecule has 0 unspecified atom stereocenters. The number of urea groups is 1. The Labute approximate surface area is 169 Å². The van der Waals surface area contributed by atoms with E-state index in [1.807, 2.05) is 4.90 Å². The van der Waals surface area contributed by atoms with Crippen molar-refractivity contribution in [2.45, 2.75) is 12.9 Å². The van der Waals surface area contributed by atoms with Crippen molar-refractivity contribution in [2.24, 2.45) is 0 Å². The molecule has 0 spiro atoms. The summed E-state index contributed by atoms with van der Waals surface area (Å²) in [4.78, 5) is 26.6. The molecule has 2 N–H and O–H groups in total. The fourth-order valence-electron chi connectivity index (χ4n) is 2.57. The number of methoxy groups -OCH3 is 1. The van der Waals surface area contributed by atoms with Crippen LogP contribution in [0.4, 0.5) is 29.6 Å². The Morgan fingerprint density at radius 1 is 1.20 bits per heavy atom. The summed E-state index contributed by atoms with van der Waals surface area (Å²) >= 11 is 0. The summed E-state index contributed by atoms with van der Waals surface area (Å²) in [7, 11) is 1.40. The van der Waals surface area contributed by atoms with Crippen LogP contribution in [0, 0.1) is 0 Å². The molecule has 1 saturated heterocycles. The summed E-state index contributed by atoms with van der Waals surface area (Å²) in [5, 5.41) is 4.79. The van der Waals surface area contributed by atoms with Gasteiger partial charge in [0.2, 0.25) is 5.95 Å². The van der Waals surface area contributed by atoms with Crippen molar-refractivity contribution in [3.8, 4) is 11.8 Å². The number of morpholine rings is 1. The van der Waals surface area contributed by atoms with Gasteiger partial charge in [0.25, 0.3) is 0 Å². The zero-order valence-corrected chi connectivity index (χ0v) is 15.9. The normalized spacial score (nSPS) is 14.2. The van der Waals surface area contributed by atoms with E-state index in [9.17, 15) is 18.0 Å². The first-order valence-electron chi connectivity index (χ1n) is 8.85. The van der Waals surface area contributed by atoms with Gasteiger partial charge in [-0.15, -0.1) is 13.2 Å². The Morgan fingerprint density at radius 2 is 1.93 bits per heavy atom. The molecular weight excluding hydrogens is 409 g/mol. The van der Waals surface area contributed by atoms with Gasteiger partial charge in [0.15, 0.2) is 11.6 Å². The monoisotopic (exact) mass is 428 g/mol. The first-order chi connectivity index (χ1) is 14.3. The van der Waals surface area contributed by atoms with Gasteiger partial charge in [0, 0.05) is 13.1 Å². The number of ether oxygens (including phenoxy) is 3. The average Bonchev–Trinajstić information content (AvgIpc) is 2.73. The molecule has 2 aromatic rings. The highest BCUT2D eigenvalue weighted by atomic mass is 19.4. The zero-order chi connectivity index (χ0) is 21.6. The van der Waals surface area contributed by atoms with Gasteiger partial charge in [-0.05, 0) is 12.1 Å². The average molecular weight is 428 g/mol.